The van der Waals surface area contributed by atoms with Crippen molar-refractivity contribution < 1.29 is 23.0 Å². The van der Waals surface area contributed by atoms with Crippen LogP contribution in [0, 0.1) is 17.6 Å². The number of halogens is 2. The average Bonchev–Trinajstić information content (AvgIpc) is 2.80. The van der Waals surface area contributed by atoms with Crippen molar-refractivity contribution in [3.05, 3.63) is 71.3 Å². The summed E-state index contributed by atoms with van der Waals surface area (Å²) in [6, 6.07) is 12.6. The van der Waals surface area contributed by atoms with Gasteiger partial charge in [-0.15, -0.1) is 0 Å². The predicted molar refractivity (Wildman–Crippen MR) is 118 cm³/mol. The summed E-state index contributed by atoms with van der Waals surface area (Å²) in [5, 5.41) is 0. The van der Waals surface area contributed by atoms with E-state index in [-0.39, 0.29) is 22.8 Å². The molecule has 0 N–H and O–H groups in total. The summed E-state index contributed by atoms with van der Waals surface area (Å²) >= 11 is 0. The van der Waals surface area contributed by atoms with Gasteiger partial charge in [0.2, 0.25) is 0 Å². The van der Waals surface area contributed by atoms with Crippen LogP contribution in [0.5, 0.6) is 0 Å². The minimum Gasteiger partial charge on any atom is -0.348 e. The smallest absolute Gasteiger partial charge is 0.184 e. The van der Waals surface area contributed by atoms with Gasteiger partial charge in [0.15, 0.2) is 12.1 Å². The van der Waals surface area contributed by atoms with Gasteiger partial charge in [0.05, 0.1) is 17.8 Å². The number of nitrogens with zero attached hydrogens (tertiary/aromatic N) is 1. The molecule has 2 fully saturated rings. The van der Waals surface area contributed by atoms with E-state index in [0.717, 1.165) is 38.9 Å². The topological polar surface area (TPSA) is 38.8 Å². The van der Waals surface area contributed by atoms with Crippen molar-refractivity contribution in [1.82, 2.24) is 4.90 Å². The van der Waals surface area contributed by atoms with Gasteiger partial charge in [0.1, 0.15) is 11.6 Å². The Morgan fingerprint density at radius 3 is 2.62 bits per heavy atom. The average molecular weight is 444 g/mol. The second-order valence-electron chi connectivity index (χ2n) is 8.86. The molecule has 2 aromatic rings. The number of rotatable bonds is 7. The highest BCUT2D eigenvalue weighted by molar-refractivity contribution is 5.96. The monoisotopic (exact) mass is 443 g/mol. The number of benzene rings is 2. The van der Waals surface area contributed by atoms with E-state index >= 15 is 0 Å². The first kappa shape index (κ1) is 23.0. The molecule has 2 aliphatic heterocycles. The van der Waals surface area contributed by atoms with E-state index in [9.17, 15) is 13.6 Å². The Morgan fingerprint density at radius 1 is 1.12 bits per heavy atom. The molecule has 4 rings (SSSR count). The van der Waals surface area contributed by atoms with Crippen molar-refractivity contribution in [2.24, 2.45) is 5.92 Å². The number of carbonyl (C=O) groups excluding carboxylic acids is 1. The molecule has 2 heterocycles. The van der Waals surface area contributed by atoms with Crippen LogP contribution in [0.4, 0.5) is 8.78 Å². The van der Waals surface area contributed by atoms with Crippen LogP contribution in [0.1, 0.15) is 61.2 Å². The number of ketones is 1. The van der Waals surface area contributed by atoms with Crippen LogP contribution in [0.15, 0.2) is 48.5 Å². The van der Waals surface area contributed by atoms with E-state index in [1.54, 1.807) is 24.3 Å². The molecule has 0 saturated carbocycles. The standard InChI is InChI=1S/C26H31F2NO3/c1-2-20-18-31-25(19-7-5-8-21(27)17-19)32-26(20)12-15-29(16-13-26)14-6-11-24(30)22-9-3-4-10-23(22)28/h3-5,7-10,17,20,25H,2,6,11-16,18H2,1H3. The number of piperidine rings is 1. The molecule has 4 nitrogen and oxygen atoms in total. The van der Waals surface area contributed by atoms with Gasteiger partial charge in [-0.2, -0.15) is 0 Å². The Hall–Kier alpha value is -2.15. The molecule has 172 valence electrons. The molecule has 2 aliphatic rings. The Morgan fingerprint density at radius 2 is 1.91 bits per heavy atom. The summed E-state index contributed by atoms with van der Waals surface area (Å²) in [6.45, 7) is 5.31. The molecule has 2 saturated heterocycles. The molecule has 2 atom stereocenters. The lowest BCUT2D eigenvalue weighted by Gasteiger charge is -2.50. The third-order valence-electron chi connectivity index (χ3n) is 6.90. The molecule has 0 radical (unpaired) electrons. The summed E-state index contributed by atoms with van der Waals surface area (Å²) in [5.74, 6) is -0.584. The molecule has 0 amide bonds. The molecular weight excluding hydrogens is 412 g/mol. The van der Waals surface area contributed by atoms with E-state index in [1.165, 1.54) is 18.2 Å². The Bertz CT molecular complexity index is 927. The van der Waals surface area contributed by atoms with Crippen LogP contribution in [-0.4, -0.2) is 42.5 Å². The van der Waals surface area contributed by atoms with Crippen molar-refractivity contribution in [3.63, 3.8) is 0 Å². The Labute approximate surface area is 188 Å². The predicted octanol–water partition coefficient (Wildman–Crippen LogP) is 5.53. The summed E-state index contributed by atoms with van der Waals surface area (Å²) in [4.78, 5) is 14.7. The lowest BCUT2D eigenvalue weighted by Crippen LogP contribution is -2.55. The lowest BCUT2D eigenvalue weighted by atomic mass is 9.77. The van der Waals surface area contributed by atoms with E-state index in [2.05, 4.69) is 11.8 Å². The van der Waals surface area contributed by atoms with Crippen molar-refractivity contribution >= 4 is 5.78 Å². The summed E-state index contributed by atoms with van der Waals surface area (Å²) < 4.78 is 39.9. The van der Waals surface area contributed by atoms with E-state index < -0.39 is 12.1 Å². The van der Waals surface area contributed by atoms with E-state index in [0.29, 0.717) is 30.9 Å². The highest BCUT2D eigenvalue weighted by Gasteiger charge is 2.47. The van der Waals surface area contributed by atoms with Crippen LogP contribution in [0.3, 0.4) is 0 Å². The number of ether oxygens (including phenoxy) is 2. The molecule has 6 heteroatoms. The van der Waals surface area contributed by atoms with Crippen LogP contribution in [0.2, 0.25) is 0 Å². The van der Waals surface area contributed by atoms with Gasteiger partial charge < -0.3 is 14.4 Å². The molecule has 2 aromatic carbocycles. The zero-order valence-corrected chi connectivity index (χ0v) is 18.6. The Kier molecular flexibility index (Phi) is 7.33. The summed E-state index contributed by atoms with van der Waals surface area (Å²) in [6.07, 6.45) is 3.22. The maximum absolute atomic E-state index is 13.8. The number of hydrogen-bond donors (Lipinski definition) is 0. The number of carbonyl (C=O) groups is 1. The first-order valence-electron chi connectivity index (χ1n) is 11.6. The Balaban J connectivity index is 1.31. The van der Waals surface area contributed by atoms with Crippen molar-refractivity contribution in [1.29, 1.82) is 0 Å². The van der Waals surface area contributed by atoms with E-state index in [1.807, 2.05) is 6.07 Å². The van der Waals surface area contributed by atoms with Gasteiger partial charge in [0.25, 0.3) is 0 Å². The first-order chi connectivity index (χ1) is 15.5. The van der Waals surface area contributed by atoms with Crippen LogP contribution in [0.25, 0.3) is 0 Å². The summed E-state index contributed by atoms with van der Waals surface area (Å²) in [7, 11) is 0. The first-order valence-corrected chi connectivity index (χ1v) is 11.6. The zero-order chi connectivity index (χ0) is 22.6. The second-order valence-corrected chi connectivity index (χ2v) is 8.86. The van der Waals surface area contributed by atoms with Crippen LogP contribution in [-0.2, 0) is 9.47 Å². The second kappa shape index (κ2) is 10.2. The highest BCUT2D eigenvalue weighted by atomic mass is 19.1. The quantitative estimate of drug-likeness (QED) is 0.527. The molecule has 0 bridgehead atoms. The molecule has 0 aliphatic carbocycles. The van der Waals surface area contributed by atoms with Crippen molar-refractivity contribution in [3.8, 4) is 0 Å². The molecular formula is C26H31F2NO3. The fraction of sp³-hybridized carbons (Fsp3) is 0.500. The molecule has 32 heavy (non-hydrogen) atoms. The van der Waals surface area contributed by atoms with Gasteiger partial charge >= 0.3 is 0 Å². The van der Waals surface area contributed by atoms with E-state index in [4.69, 9.17) is 9.47 Å². The normalized spacial score (nSPS) is 23.3. The van der Waals surface area contributed by atoms with Crippen molar-refractivity contribution in [2.45, 2.75) is 50.9 Å². The SMILES string of the molecule is CCC1COC(c2cccc(F)c2)OC12CCN(CCCC(=O)c1ccccc1F)CC2. The lowest BCUT2D eigenvalue weighted by molar-refractivity contribution is -0.298. The number of Topliss-reactive ketones (excluding diaryl/α,β-unsaturated/α-hetero) is 1. The fourth-order valence-corrected chi connectivity index (χ4v) is 4.97. The zero-order valence-electron chi connectivity index (χ0n) is 18.6. The maximum Gasteiger partial charge on any atom is 0.184 e. The number of hydrogen-bond acceptors (Lipinski definition) is 4. The van der Waals surface area contributed by atoms with Crippen molar-refractivity contribution in [2.75, 3.05) is 26.2 Å². The van der Waals surface area contributed by atoms with Gasteiger partial charge in [0, 0.05) is 31.0 Å². The molecule has 0 aromatic heterocycles. The van der Waals surface area contributed by atoms with Gasteiger partial charge in [-0.3, -0.25) is 4.79 Å². The minimum atomic E-state index is -0.543. The van der Waals surface area contributed by atoms with Gasteiger partial charge in [-0.1, -0.05) is 31.2 Å². The molecule has 1 spiro atoms. The van der Waals surface area contributed by atoms with Crippen LogP contribution >= 0.6 is 0 Å². The molecule has 2 unspecified atom stereocenters. The van der Waals surface area contributed by atoms with Crippen LogP contribution < -0.4 is 0 Å². The highest BCUT2D eigenvalue weighted by Crippen LogP contribution is 2.44. The summed E-state index contributed by atoms with van der Waals surface area (Å²) in [5.41, 5.74) is 0.617. The third-order valence-corrected chi connectivity index (χ3v) is 6.90. The third kappa shape index (κ3) is 5.08. The fourth-order valence-electron chi connectivity index (χ4n) is 4.97. The van der Waals surface area contributed by atoms with Gasteiger partial charge in [-0.25, -0.2) is 8.78 Å². The largest absolute Gasteiger partial charge is 0.348 e. The van der Waals surface area contributed by atoms with Gasteiger partial charge in [-0.05, 0) is 56.5 Å². The number of likely N-dealkylation sites (tertiary alicyclic amines) is 1. The minimum absolute atomic E-state index is 0.145. The maximum atomic E-state index is 13.8.